The largest absolute Gasteiger partial charge is 0.417 e. The molecule has 0 bridgehead atoms. The van der Waals surface area contributed by atoms with Gasteiger partial charge in [-0.05, 0) is 25.1 Å². The molecule has 0 amide bonds. The normalized spacial score (nSPS) is 21.8. The van der Waals surface area contributed by atoms with Crippen LogP contribution in [0, 0.1) is 0 Å². The van der Waals surface area contributed by atoms with Crippen LogP contribution in [0.15, 0.2) is 18.3 Å². The van der Waals surface area contributed by atoms with Gasteiger partial charge in [-0.3, -0.25) is 4.98 Å². The first-order chi connectivity index (χ1) is 6.57. The molecule has 2 heterocycles. The number of nitrogens with one attached hydrogen (secondary N) is 1. The SMILES string of the molecule is FC(F)(F)c1ccc([C@H]2CCN2)nc1. The lowest BCUT2D eigenvalue weighted by Crippen LogP contribution is -2.35. The van der Waals surface area contributed by atoms with Crippen LogP contribution < -0.4 is 5.32 Å². The molecule has 1 atom stereocenters. The predicted octanol–water partition coefficient (Wildman–Crippen LogP) is 2.13. The highest BCUT2D eigenvalue weighted by Crippen LogP contribution is 2.29. The summed E-state index contributed by atoms with van der Waals surface area (Å²) < 4.78 is 36.5. The smallest absolute Gasteiger partial charge is 0.309 e. The van der Waals surface area contributed by atoms with Crippen LogP contribution >= 0.6 is 0 Å². The van der Waals surface area contributed by atoms with Crippen LogP contribution in [0.5, 0.6) is 0 Å². The number of nitrogens with zero attached hydrogens (tertiary/aromatic N) is 1. The molecule has 1 aliphatic rings. The summed E-state index contributed by atoms with van der Waals surface area (Å²) in [5.74, 6) is 0. The molecule has 0 saturated carbocycles. The summed E-state index contributed by atoms with van der Waals surface area (Å²) in [5, 5.41) is 3.08. The Morgan fingerprint density at radius 3 is 2.43 bits per heavy atom. The quantitative estimate of drug-likeness (QED) is 0.754. The average molecular weight is 202 g/mol. The molecule has 0 aromatic carbocycles. The van der Waals surface area contributed by atoms with Gasteiger partial charge in [0, 0.05) is 6.20 Å². The molecular formula is C9H9F3N2. The number of alkyl halides is 3. The van der Waals surface area contributed by atoms with Gasteiger partial charge >= 0.3 is 6.18 Å². The van der Waals surface area contributed by atoms with Crippen molar-refractivity contribution in [2.75, 3.05) is 6.54 Å². The summed E-state index contributed by atoms with van der Waals surface area (Å²) in [6, 6.07) is 2.64. The van der Waals surface area contributed by atoms with Crippen molar-refractivity contribution in [3.8, 4) is 0 Å². The zero-order valence-electron chi connectivity index (χ0n) is 7.30. The van der Waals surface area contributed by atoms with Gasteiger partial charge in [0.25, 0.3) is 0 Å². The molecule has 1 aromatic rings. The first-order valence-electron chi connectivity index (χ1n) is 4.34. The minimum atomic E-state index is -4.29. The van der Waals surface area contributed by atoms with E-state index in [0.717, 1.165) is 25.2 Å². The zero-order valence-corrected chi connectivity index (χ0v) is 7.30. The Labute approximate surface area is 79.2 Å². The second-order valence-corrected chi connectivity index (χ2v) is 3.26. The van der Waals surface area contributed by atoms with Crippen molar-refractivity contribution in [3.63, 3.8) is 0 Å². The van der Waals surface area contributed by atoms with Crippen molar-refractivity contribution in [3.05, 3.63) is 29.6 Å². The fourth-order valence-corrected chi connectivity index (χ4v) is 1.32. The van der Waals surface area contributed by atoms with Gasteiger partial charge in [-0.25, -0.2) is 0 Å². The second-order valence-electron chi connectivity index (χ2n) is 3.26. The number of halogens is 3. The summed E-state index contributed by atoms with van der Waals surface area (Å²) in [4.78, 5) is 3.78. The van der Waals surface area contributed by atoms with E-state index in [2.05, 4.69) is 10.3 Å². The van der Waals surface area contributed by atoms with E-state index in [0.29, 0.717) is 5.69 Å². The number of aromatic nitrogens is 1. The third kappa shape index (κ3) is 1.72. The maximum Gasteiger partial charge on any atom is 0.417 e. The fourth-order valence-electron chi connectivity index (χ4n) is 1.32. The van der Waals surface area contributed by atoms with E-state index in [1.807, 2.05) is 0 Å². The lowest BCUT2D eigenvalue weighted by molar-refractivity contribution is -0.137. The first kappa shape index (κ1) is 9.45. The maximum atomic E-state index is 12.2. The molecule has 2 nitrogen and oxygen atoms in total. The number of rotatable bonds is 1. The first-order valence-corrected chi connectivity index (χ1v) is 4.34. The lowest BCUT2D eigenvalue weighted by atomic mass is 10.0. The van der Waals surface area contributed by atoms with Crippen LogP contribution in [0.25, 0.3) is 0 Å². The molecule has 1 N–H and O–H groups in total. The molecule has 1 fully saturated rings. The van der Waals surface area contributed by atoms with Crippen LogP contribution in [0.2, 0.25) is 0 Å². The van der Waals surface area contributed by atoms with Crippen molar-refractivity contribution in [2.24, 2.45) is 0 Å². The highest BCUT2D eigenvalue weighted by molar-refractivity contribution is 5.19. The molecule has 0 radical (unpaired) electrons. The Morgan fingerprint density at radius 2 is 2.07 bits per heavy atom. The van der Waals surface area contributed by atoms with E-state index in [4.69, 9.17) is 0 Å². The Balaban J connectivity index is 2.17. The highest BCUT2D eigenvalue weighted by atomic mass is 19.4. The third-order valence-corrected chi connectivity index (χ3v) is 2.29. The average Bonchev–Trinajstić information content (AvgIpc) is 2.00. The van der Waals surface area contributed by atoms with Gasteiger partial charge in [0.1, 0.15) is 0 Å². The molecule has 1 aromatic heterocycles. The van der Waals surface area contributed by atoms with Gasteiger partial charge in [0.15, 0.2) is 0 Å². The Morgan fingerprint density at radius 1 is 1.36 bits per heavy atom. The minimum absolute atomic E-state index is 0.136. The molecular weight excluding hydrogens is 193 g/mol. The maximum absolute atomic E-state index is 12.2. The summed E-state index contributed by atoms with van der Waals surface area (Å²) in [7, 11) is 0. The Hall–Kier alpha value is -1.10. The highest BCUT2D eigenvalue weighted by Gasteiger charge is 2.31. The van der Waals surface area contributed by atoms with Crippen LogP contribution in [0.4, 0.5) is 13.2 Å². The fraction of sp³-hybridized carbons (Fsp3) is 0.444. The Bertz CT molecular complexity index is 314. The summed E-state index contributed by atoms with van der Waals surface area (Å²) in [6.45, 7) is 0.910. The van der Waals surface area contributed by atoms with E-state index < -0.39 is 11.7 Å². The molecule has 0 aliphatic carbocycles. The van der Waals surface area contributed by atoms with E-state index in [-0.39, 0.29) is 6.04 Å². The standard InChI is InChI=1S/C9H9F3N2/c10-9(11,12)6-1-2-7(14-5-6)8-3-4-13-8/h1-2,5,8,13H,3-4H2/t8-/m1/s1. The molecule has 5 heteroatoms. The predicted molar refractivity (Wildman–Crippen MR) is 44.6 cm³/mol. The second kappa shape index (κ2) is 3.24. The van der Waals surface area contributed by atoms with Crippen LogP contribution in [-0.4, -0.2) is 11.5 Å². The molecule has 0 unspecified atom stereocenters. The summed E-state index contributed by atoms with van der Waals surface area (Å²) >= 11 is 0. The van der Waals surface area contributed by atoms with Gasteiger partial charge < -0.3 is 5.32 Å². The molecule has 1 saturated heterocycles. The van der Waals surface area contributed by atoms with E-state index >= 15 is 0 Å². The summed E-state index contributed by atoms with van der Waals surface area (Å²) in [5.41, 5.74) is -0.00942. The van der Waals surface area contributed by atoms with Gasteiger partial charge in [-0.15, -0.1) is 0 Å². The monoisotopic (exact) mass is 202 g/mol. The third-order valence-electron chi connectivity index (χ3n) is 2.29. The van der Waals surface area contributed by atoms with Crippen LogP contribution in [0.3, 0.4) is 0 Å². The van der Waals surface area contributed by atoms with E-state index in [1.165, 1.54) is 6.07 Å². The molecule has 76 valence electrons. The van der Waals surface area contributed by atoms with Gasteiger partial charge in [0.05, 0.1) is 17.3 Å². The Kier molecular flexibility index (Phi) is 2.19. The van der Waals surface area contributed by atoms with Crippen molar-refractivity contribution in [2.45, 2.75) is 18.6 Å². The van der Waals surface area contributed by atoms with Crippen molar-refractivity contribution < 1.29 is 13.2 Å². The number of hydrogen-bond acceptors (Lipinski definition) is 2. The lowest BCUT2D eigenvalue weighted by Gasteiger charge is -2.27. The van der Waals surface area contributed by atoms with Gasteiger partial charge in [0.2, 0.25) is 0 Å². The van der Waals surface area contributed by atoms with Crippen molar-refractivity contribution in [1.29, 1.82) is 0 Å². The molecule has 0 spiro atoms. The zero-order chi connectivity index (χ0) is 10.2. The van der Waals surface area contributed by atoms with Crippen LogP contribution in [0.1, 0.15) is 23.7 Å². The van der Waals surface area contributed by atoms with Crippen molar-refractivity contribution in [1.82, 2.24) is 10.3 Å². The van der Waals surface area contributed by atoms with Gasteiger partial charge in [-0.1, -0.05) is 0 Å². The minimum Gasteiger partial charge on any atom is -0.309 e. The topological polar surface area (TPSA) is 24.9 Å². The van der Waals surface area contributed by atoms with Crippen molar-refractivity contribution >= 4 is 0 Å². The van der Waals surface area contributed by atoms with Crippen LogP contribution in [-0.2, 0) is 6.18 Å². The number of hydrogen-bond donors (Lipinski definition) is 1. The van der Waals surface area contributed by atoms with Gasteiger partial charge in [-0.2, -0.15) is 13.2 Å². The molecule has 14 heavy (non-hydrogen) atoms. The van der Waals surface area contributed by atoms with E-state index in [1.54, 1.807) is 0 Å². The van der Waals surface area contributed by atoms with E-state index in [9.17, 15) is 13.2 Å². The summed E-state index contributed by atoms with van der Waals surface area (Å²) in [6.07, 6.45) is -2.47. The molecule has 1 aliphatic heterocycles. The number of pyridine rings is 1. The molecule has 2 rings (SSSR count).